The third-order valence-corrected chi connectivity index (χ3v) is 11.4. The summed E-state index contributed by atoms with van der Waals surface area (Å²) in [5, 5.41) is 0. The fraction of sp³-hybridized carbons (Fsp3) is 0.767. The van der Waals surface area contributed by atoms with Gasteiger partial charge in [-0.1, -0.05) is 31.6 Å². The van der Waals surface area contributed by atoms with E-state index in [9.17, 15) is 14.4 Å². The molecule has 202 valence electrons. The second kappa shape index (κ2) is 8.51. The lowest BCUT2D eigenvalue weighted by molar-refractivity contribution is -0.311. The SMILES string of the molecule is CCO[C@@]12C[C@H]3[C@@H](CC=C4CC=CC(=O)[C@@]43C)[C@@H]3C[C@H](OC=O)[C@@H]([C@@H]31)[C@](C)([C@H]1C[C@H](C)[C@@H](C)C(=O)O1)O2. The lowest BCUT2D eigenvalue weighted by Crippen LogP contribution is -2.58. The number of cyclic esters (lactones) is 1. The Morgan fingerprint density at radius 2 is 1.92 bits per heavy atom. The van der Waals surface area contributed by atoms with Gasteiger partial charge in [-0.05, 0) is 76.2 Å². The number of hydrogen-bond acceptors (Lipinski definition) is 7. The molecule has 2 saturated carbocycles. The van der Waals surface area contributed by atoms with Crippen LogP contribution in [-0.4, -0.2) is 48.4 Å². The van der Waals surface area contributed by atoms with Gasteiger partial charge in [0, 0.05) is 24.9 Å². The topological polar surface area (TPSA) is 88.1 Å². The molecule has 2 saturated heterocycles. The van der Waals surface area contributed by atoms with Gasteiger partial charge < -0.3 is 18.9 Å². The molecule has 0 radical (unpaired) electrons. The van der Waals surface area contributed by atoms with Crippen molar-refractivity contribution in [1.29, 1.82) is 0 Å². The summed E-state index contributed by atoms with van der Waals surface area (Å²) in [7, 11) is 0. The molecule has 2 aliphatic heterocycles. The maximum Gasteiger partial charge on any atom is 0.309 e. The number of hydrogen-bond donors (Lipinski definition) is 0. The molecular formula is C30H40O7. The lowest BCUT2D eigenvalue weighted by Gasteiger charge is -2.56. The molecule has 4 fully saturated rings. The number of rotatable bonds is 5. The Balaban J connectivity index is 1.46. The molecule has 7 nitrogen and oxygen atoms in total. The molecule has 0 aromatic carbocycles. The maximum absolute atomic E-state index is 13.5. The van der Waals surface area contributed by atoms with E-state index in [0.29, 0.717) is 32.3 Å². The van der Waals surface area contributed by atoms with Gasteiger partial charge in [-0.25, -0.2) is 0 Å². The van der Waals surface area contributed by atoms with Crippen molar-refractivity contribution in [1.82, 2.24) is 0 Å². The second-order valence-corrected chi connectivity index (χ2v) is 12.8. The van der Waals surface area contributed by atoms with Crippen molar-refractivity contribution in [3.63, 3.8) is 0 Å². The Morgan fingerprint density at radius 1 is 1.14 bits per heavy atom. The van der Waals surface area contributed by atoms with Crippen LogP contribution in [0.15, 0.2) is 23.8 Å². The molecule has 0 spiro atoms. The Kier molecular flexibility index (Phi) is 5.81. The van der Waals surface area contributed by atoms with Crippen LogP contribution in [0.2, 0.25) is 0 Å². The van der Waals surface area contributed by atoms with Gasteiger partial charge in [0.2, 0.25) is 0 Å². The molecule has 0 N–H and O–H groups in total. The van der Waals surface area contributed by atoms with Gasteiger partial charge in [-0.3, -0.25) is 14.4 Å². The molecule has 0 amide bonds. The van der Waals surface area contributed by atoms with Crippen LogP contribution in [0.5, 0.6) is 0 Å². The van der Waals surface area contributed by atoms with Gasteiger partial charge in [0.15, 0.2) is 11.6 Å². The van der Waals surface area contributed by atoms with Gasteiger partial charge in [-0.15, -0.1) is 0 Å². The number of ether oxygens (including phenoxy) is 4. The molecule has 2 heterocycles. The Labute approximate surface area is 219 Å². The summed E-state index contributed by atoms with van der Waals surface area (Å²) in [6.45, 7) is 11.1. The molecule has 0 aromatic heterocycles. The molecular weight excluding hydrogens is 472 g/mol. The van der Waals surface area contributed by atoms with E-state index in [4.69, 9.17) is 18.9 Å². The van der Waals surface area contributed by atoms with Crippen LogP contribution in [0.4, 0.5) is 0 Å². The fourth-order valence-corrected chi connectivity index (χ4v) is 9.41. The van der Waals surface area contributed by atoms with Crippen LogP contribution in [0, 0.1) is 46.8 Å². The zero-order valence-electron chi connectivity index (χ0n) is 22.6. The molecule has 7 heteroatoms. The fourth-order valence-electron chi connectivity index (χ4n) is 9.41. The maximum atomic E-state index is 13.5. The first-order valence-corrected chi connectivity index (χ1v) is 14.1. The summed E-state index contributed by atoms with van der Waals surface area (Å²) >= 11 is 0. The number of ketones is 1. The van der Waals surface area contributed by atoms with Crippen molar-refractivity contribution in [3.8, 4) is 0 Å². The minimum Gasteiger partial charge on any atom is -0.464 e. The minimum absolute atomic E-state index is 0.00945. The van der Waals surface area contributed by atoms with Crippen LogP contribution < -0.4 is 0 Å². The number of allylic oxidation sites excluding steroid dienone is 4. The summed E-state index contributed by atoms with van der Waals surface area (Å²) in [5.41, 5.74) is -0.255. The molecule has 37 heavy (non-hydrogen) atoms. The number of carbonyl (C=O) groups is 3. The monoisotopic (exact) mass is 512 g/mol. The summed E-state index contributed by atoms with van der Waals surface area (Å²) < 4.78 is 25.6. The van der Waals surface area contributed by atoms with E-state index in [-0.39, 0.29) is 59.3 Å². The standard InChI is InChI=1S/C30H40O7/c1-6-35-30-14-21-19(11-10-18-8-7-9-23(32)28(18,21)4)20-13-22(34-15-31)26(25(20)30)29(5,37-30)24-12-16(2)17(3)27(33)36-24/h7,9-10,15-17,19-22,24-26H,6,8,11-14H2,1-5H3/t16-,17+,19-,20-,21-,22-,24+,25+,26-,28-,29-,30+/m0/s1. The van der Waals surface area contributed by atoms with Crippen LogP contribution in [0.3, 0.4) is 0 Å². The minimum atomic E-state index is -0.924. The quantitative estimate of drug-likeness (QED) is 0.307. The average Bonchev–Trinajstić information content (AvgIpc) is 3.37. The van der Waals surface area contributed by atoms with Crippen molar-refractivity contribution in [2.75, 3.05) is 6.61 Å². The smallest absolute Gasteiger partial charge is 0.309 e. The molecule has 0 unspecified atom stereocenters. The first-order chi connectivity index (χ1) is 17.6. The van der Waals surface area contributed by atoms with Crippen LogP contribution in [0.1, 0.15) is 66.7 Å². The third kappa shape index (κ3) is 3.28. The van der Waals surface area contributed by atoms with Crippen molar-refractivity contribution in [3.05, 3.63) is 23.8 Å². The van der Waals surface area contributed by atoms with E-state index >= 15 is 0 Å². The summed E-state index contributed by atoms with van der Waals surface area (Å²) in [6.07, 6.45) is 8.91. The molecule has 6 aliphatic rings. The van der Waals surface area contributed by atoms with Crippen LogP contribution in [-0.2, 0) is 33.3 Å². The predicted molar refractivity (Wildman–Crippen MR) is 134 cm³/mol. The normalized spacial score (nSPS) is 52.0. The largest absolute Gasteiger partial charge is 0.464 e. The molecule has 0 aromatic rings. The molecule has 0 bridgehead atoms. The van der Waals surface area contributed by atoms with E-state index in [1.165, 1.54) is 5.57 Å². The van der Waals surface area contributed by atoms with E-state index in [2.05, 4.69) is 19.9 Å². The Hall–Kier alpha value is -1.99. The molecule has 4 aliphatic carbocycles. The Bertz CT molecular complexity index is 1060. The van der Waals surface area contributed by atoms with Gasteiger partial charge in [0.1, 0.15) is 17.8 Å². The molecule has 12 atom stereocenters. The van der Waals surface area contributed by atoms with Gasteiger partial charge >= 0.3 is 5.97 Å². The highest BCUT2D eigenvalue weighted by Gasteiger charge is 2.76. The first kappa shape index (κ1) is 25.3. The Morgan fingerprint density at radius 3 is 2.62 bits per heavy atom. The highest BCUT2D eigenvalue weighted by molar-refractivity contribution is 5.98. The van der Waals surface area contributed by atoms with E-state index in [0.717, 1.165) is 12.8 Å². The molecule has 6 rings (SSSR count). The van der Waals surface area contributed by atoms with E-state index < -0.39 is 22.9 Å². The van der Waals surface area contributed by atoms with Gasteiger partial charge in [-0.2, -0.15) is 0 Å². The van der Waals surface area contributed by atoms with E-state index in [1.807, 2.05) is 26.8 Å². The number of fused-ring (bicyclic) bond motifs is 4. The van der Waals surface area contributed by atoms with Crippen molar-refractivity contribution >= 4 is 18.2 Å². The zero-order valence-corrected chi connectivity index (χ0v) is 22.6. The van der Waals surface area contributed by atoms with Crippen molar-refractivity contribution < 1.29 is 33.3 Å². The number of esters is 1. The summed E-state index contributed by atoms with van der Waals surface area (Å²) in [5.74, 6) is -0.652. The average molecular weight is 513 g/mol. The third-order valence-electron chi connectivity index (χ3n) is 11.4. The zero-order chi connectivity index (χ0) is 26.3. The van der Waals surface area contributed by atoms with Crippen LogP contribution >= 0.6 is 0 Å². The second-order valence-electron chi connectivity index (χ2n) is 12.8. The number of carbonyl (C=O) groups excluding carboxylic acids is 3. The first-order valence-electron chi connectivity index (χ1n) is 14.1. The summed E-state index contributed by atoms with van der Waals surface area (Å²) in [4.78, 5) is 38.0. The van der Waals surface area contributed by atoms with Crippen molar-refractivity contribution in [2.45, 2.75) is 90.3 Å². The highest BCUT2D eigenvalue weighted by Crippen LogP contribution is 2.70. The van der Waals surface area contributed by atoms with Gasteiger partial charge in [0.25, 0.3) is 6.47 Å². The van der Waals surface area contributed by atoms with E-state index in [1.54, 1.807) is 6.08 Å². The van der Waals surface area contributed by atoms with Gasteiger partial charge in [0.05, 0.1) is 11.3 Å². The van der Waals surface area contributed by atoms with Crippen molar-refractivity contribution in [2.24, 2.45) is 46.8 Å². The predicted octanol–water partition coefficient (Wildman–Crippen LogP) is 4.39. The van der Waals surface area contributed by atoms with Crippen LogP contribution in [0.25, 0.3) is 0 Å². The lowest BCUT2D eigenvalue weighted by atomic mass is 9.49. The highest BCUT2D eigenvalue weighted by atomic mass is 16.7. The summed E-state index contributed by atoms with van der Waals surface area (Å²) in [6, 6.07) is 0.